The van der Waals surface area contributed by atoms with Gasteiger partial charge in [-0.15, -0.1) is 0 Å². The highest BCUT2D eigenvalue weighted by Crippen LogP contribution is 2.23. The fourth-order valence-electron chi connectivity index (χ4n) is 2.11. The number of benzene rings is 1. The summed E-state index contributed by atoms with van der Waals surface area (Å²) in [7, 11) is 1.61. The predicted octanol–water partition coefficient (Wildman–Crippen LogP) is 4.47. The molecule has 0 aliphatic carbocycles. The first-order valence-corrected chi connectivity index (χ1v) is 6.78. The molecule has 0 amide bonds. The van der Waals surface area contributed by atoms with Gasteiger partial charge < -0.3 is 10.1 Å². The zero-order chi connectivity index (χ0) is 15.2. The Morgan fingerprint density at radius 3 is 2.25 bits per heavy atom. The van der Waals surface area contributed by atoms with E-state index in [1.54, 1.807) is 7.11 Å². The van der Waals surface area contributed by atoms with Crippen molar-refractivity contribution in [3.8, 4) is 5.75 Å². The molecule has 0 radical (unpaired) electrons. The molecule has 0 saturated heterocycles. The summed E-state index contributed by atoms with van der Waals surface area (Å²) in [5.74, 6) is 0.791. The summed E-state index contributed by atoms with van der Waals surface area (Å²) < 4.78 is 41.3. The molecule has 0 aliphatic rings. The first-order chi connectivity index (χ1) is 9.31. The number of alkyl halides is 3. The molecule has 1 unspecified atom stereocenters. The maximum atomic E-state index is 12.1. The van der Waals surface area contributed by atoms with E-state index in [2.05, 4.69) is 5.32 Å². The van der Waals surface area contributed by atoms with Crippen LogP contribution in [0.2, 0.25) is 0 Å². The summed E-state index contributed by atoms with van der Waals surface area (Å²) in [5.41, 5.74) is 1.09. The van der Waals surface area contributed by atoms with Crippen molar-refractivity contribution >= 4 is 0 Å². The van der Waals surface area contributed by atoms with Crippen LogP contribution >= 0.6 is 0 Å². The Kier molecular flexibility index (Phi) is 6.33. The van der Waals surface area contributed by atoms with Crippen LogP contribution in [0.3, 0.4) is 0 Å². The fourth-order valence-corrected chi connectivity index (χ4v) is 2.11. The number of halogens is 3. The quantitative estimate of drug-likeness (QED) is 0.799. The van der Waals surface area contributed by atoms with Gasteiger partial charge in [0, 0.05) is 18.5 Å². The van der Waals surface area contributed by atoms with Crippen LogP contribution in [0, 0.1) is 0 Å². The first-order valence-electron chi connectivity index (χ1n) is 6.78. The van der Waals surface area contributed by atoms with Crippen molar-refractivity contribution in [2.24, 2.45) is 0 Å². The van der Waals surface area contributed by atoms with Crippen molar-refractivity contribution < 1.29 is 17.9 Å². The molecule has 0 aliphatic heterocycles. The van der Waals surface area contributed by atoms with Crippen LogP contribution < -0.4 is 10.1 Å². The summed E-state index contributed by atoms with van der Waals surface area (Å²) in [5, 5.41) is 3.31. The van der Waals surface area contributed by atoms with Gasteiger partial charge in [-0.25, -0.2) is 0 Å². The minimum Gasteiger partial charge on any atom is -0.497 e. The number of ether oxygens (including phenoxy) is 1. The van der Waals surface area contributed by atoms with E-state index in [1.807, 2.05) is 38.1 Å². The van der Waals surface area contributed by atoms with Gasteiger partial charge in [0.2, 0.25) is 0 Å². The van der Waals surface area contributed by atoms with E-state index in [-0.39, 0.29) is 18.5 Å². The Bertz CT molecular complexity index is 389. The van der Waals surface area contributed by atoms with Crippen LogP contribution in [0.4, 0.5) is 13.2 Å². The lowest BCUT2D eigenvalue weighted by Gasteiger charge is -2.21. The Balaban J connectivity index is 2.38. The molecule has 20 heavy (non-hydrogen) atoms. The van der Waals surface area contributed by atoms with Crippen LogP contribution in [-0.4, -0.2) is 19.3 Å². The van der Waals surface area contributed by atoms with E-state index in [9.17, 15) is 13.2 Å². The molecule has 0 aromatic heterocycles. The molecule has 2 atom stereocenters. The number of rotatable bonds is 7. The van der Waals surface area contributed by atoms with Crippen molar-refractivity contribution in [2.75, 3.05) is 7.11 Å². The van der Waals surface area contributed by atoms with Gasteiger partial charge in [0.15, 0.2) is 0 Å². The zero-order valence-corrected chi connectivity index (χ0v) is 12.1. The summed E-state index contributed by atoms with van der Waals surface area (Å²) in [6.45, 7) is 3.92. The molecule has 1 aromatic carbocycles. The van der Waals surface area contributed by atoms with Crippen LogP contribution in [0.5, 0.6) is 5.75 Å². The molecule has 0 fully saturated rings. The Morgan fingerprint density at radius 1 is 1.15 bits per heavy atom. The number of nitrogens with one attached hydrogen (secondary N) is 1. The molecule has 1 rings (SSSR count). The maximum Gasteiger partial charge on any atom is 0.389 e. The third-order valence-electron chi connectivity index (χ3n) is 3.25. The lowest BCUT2D eigenvalue weighted by Crippen LogP contribution is -2.29. The van der Waals surface area contributed by atoms with Crippen LogP contribution in [-0.2, 0) is 0 Å². The molecule has 0 bridgehead atoms. The summed E-state index contributed by atoms with van der Waals surface area (Å²) >= 11 is 0. The van der Waals surface area contributed by atoms with E-state index in [4.69, 9.17) is 4.74 Å². The van der Waals surface area contributed by atoms with E-state index >= 15 is 0 Å². The minimum atomic E-state index is -4.05. The van der Waals surface area contributed by atoms with Gasteiger partial charge in [-0.2, -0.15) is 13.2 Å². The molecule has 114 valence electrons. The van der Waals surface area contributed by atoms with E-state index in [1.165, 1.54) is 0 Å². The van der Waals surface area contributed by atoms with Crippen molar-refractivity contribution in [1.82, 2.24) is 5.32 Å². The zero-order valence-electron chi connectivity index (χ0n) is 12.1. The normalized spacial score (nSPS) is 14.9. The lowest BCUT2D eigenvalue weighted by molar-refractivity contribution is -0.135. The minimum absolute atomic E-state index is 0.0504. The third kappa shape index (κ3) is 6.28. The average molecular weight is 289 g/mol. The highest BCUT2D eigenvalue weighted by molar-refractivity contribution is 5.28. The van der Waals surface area contributed by atoms with Crippen molar-refractivity contribution in [3.05, 3.63) is 29.8 Å². The molecule has 0 spiro atoms. The smallest absolute Gasteiger partial charge is 0.389 e. The van der Waals surface area contributed by atoms with Crippen LogP contribution in [0.25, 0.3) is 0 Å². The highest BCUT2D eigenvalue weighted by atomic mass is 19.4. The standard InChI is InChI=1S/C15H22F3NO/c1-11(5-4-10-15(16,17)18)19-12(2)13-6-8-14(20-3)9-7-13/h6-9,11-12,19H,4-5,10H2,1-3H3/t11?,12-/m1/s1. The van der Waals surface area contributed by atoms with Crippen molar-refractivity contribution in [2.45, 2.75) is 51.4 Å². The Labute approximate surface area is 118 Å². The predicted molar refractivity (Wildman–Crippen MR) is 73.9 cm³/mol. The first kappa shape index (κ1) is 16.8. The molecule has 1 N–H and O–H groups in total. The molecular weight excluding hydrogens is 267 g/mol. The van der Waals surface area contributed by atoms with Gasteiger partial charge >= 0.3 is 6.18 Å². The highest BCUT2D eigenvalue weighted by Gasteiger charge is 2.26. The molecule has 0 heterocycles. The lowest BCUT2D eigenvalue weighted by atomic mass is 10.1. The molecular formula is C15H22F3NO. The van der Waals surface area contributed by atoms with Gasteiger partial charge in [-0.3, -0.25) is 0 Å². The van der Waals surface area contributed by atoms with E-state index in [0.29, 0.717) is 6.42 Å². The maximum absolute atomic E-state index is 12.1. The third-order valence-corrected chi connectivity index (χ3v) is 3.25. The van der Waals surface area contributed by atoms with E-state index < -0.39 is 12.6 Å². The largest absolute Gasteiger partial charge is 0.497 e. The average Bonchev–Trinajstić information content (AvgIpc) is 2.37. The Hall–Kier alpha value is -1.23. The van der Waals surface area contributed by atoms with Gasteiger partial charge in [0.25, 0.3) is 0 Å². The second-order valence-electron chi connectivity index (χ2n) is 5.07. The molecule has 1 aromatic rings. The van der Waals surface area contributed by atoms with Crippen LogP contribution in [0.1, 0.15) is 44.7 Å². The second kappa shape index (κ2) is 7.53. The fraction of sp³-hybridized carbons (Fsp3) is 0.600. The van der Waals surface area contributed by atoms with Gasteiger partial charge in [0.05, 0.1) is 7.11 Å². The molecule has 2 nitrogen and oxygen atoms in total. The second-order valence-corrected chi connectivity index (χ2v) is 5.07. The molecule has 5 heteroatoms. The monoisotopic (exact) mass is 289 g/mol. The van der Waals surface area contributed by atoms with Gasteiger partial charge in [-0.1, -0.05) is 12.1 Å². The van der Waals surface area contributed by atoms with Crippen molar-refractivity contribution in [3.63, 3.8) is 0 Å². The van der Waals surface area contributed by atoms with E-state index in [0.717, 1.165) is 11.3 Å². The summed E-state index contributed by atoms with van der Waals surface area (Å²) in [4.78, 5) is 0. The number of hydrogen-bond acceptors (Lipinski definition) is 2. The Morgan fingerprint density at radius 2 is 1.75 bits per heavy atom. The van der Waals surface area contributed by atoms with Gasteiger partial charge in [0.1, 0.15) is 5.75 Å². The number of methoxy groups -OCH3 is 1. The topological polar surface area (TPSA) is 21.3 Å². The van der Waals surface area contributed by atoms with Gasteiger partial charge in [-0.05, 0) is 44.4 Å². The summed E-state index contributed by atoms with van der Waals surface area (Å²) in [6.07, 6.45) is -4.09. The van der Waals surface area contributed by atoms with Crippen molar-refractivity contribution in [1.29, 1.82) is 0 Å². The SMILES string of the molecule is COc1ccc([C@@H](C)NC(C)CCCC(F)(F)F)cc1. The summed E-state index contributed by atoms with van der Waals surface area (Å²) in [6, 6.07) is 7.82. The molecule has 0 saturated carbocycles. The van der Waals surface area contributed by atoms with Crippen LogP contribution in [0.15, 0.2) is 24.3 Å². The number of hydrogen-bond donors (Lipinski definition) is 1.